The van der Waals surface area contributed by atoms with Crippen LogP contribution in [0.1, 0.15) is 13.3 Å². The molecule has 5 heteroatoms. The van der Waals surface area contributed by atoms with Crippen molar-refractivity contribution in [1.29, 1.82) is 0 Å². The van der Waals surface area contributed by atoms with Crippen LogP contribution in [-0.2, 0) is 14.3 Å². The fourth-order valence-corrected chi connectivity index (χ4v) is 2.09. The van der Waals surface area contributed by atoms with E-state index in [-0.39, 0.29) is 11.8 Å². The first-order valence-electron chi connectivity index (χ1n) is 6.68. The lowest BCUT2D eigenvalue weighted by Crippen LogP contribution is -2.51. The predicted octanol–water partition coefficient (Wildman–Crippen LogP) is 0.353. The molecule has 0 saturated carbocycles. The lowest BCUT2D eigenvalue weighted by molar-refractivity contribution is -0.138. The van der Waals surface area contributed by atoms with Crippen LogP contribution in [0, 0.1) is 11.8 Å². The molecular formula is C13H26N2O3. The normalized spacial score (nSPS) is 17.3. The first-order chi connectivity index (χ1) is 8.70. The van der Waals surface area contributed by atoms with Gasteiger partial charge in [-0.25, -0.2) is 0 Å². The first-order valence-corrected chi connectivity index (χ1v) is 6.68. The molecule has 106 valence electrons. The van der Waals surface area contributed by atoms with Gasteiger partial charge in [-0.2, -0.15) is 0 Å². The molecule has 0 aromatic rings. The van der Waals surface area contributed by atoms with E-state index < -0.39 is 0 Å². The SMILES string of the molecule is COCCCN(CCOC)C(=O)C(C)C1CNC1. The van der Waals surface area contributed by atoms with Gasteiger partial charge in [-0.15, -0.1) is 0 Å². The summed E-state index contributed by atoms with van der Waals surface area (Å²) in [6.07, 6.45) is 0.877. The third-order valence-corrected chi connectivity index (χ3v) is 3.56. The van der Waals surface area contributed by atoms with Crippen molar-refractivity contribution in [3.05, 3.63) is 0 Å². The molecular weight excluding hydrogens is 232 g/mol. The quantitative estimate of drug-likeness (QED) is 0.607. The number of carbonyl (C=O) groups excluding carboxylic acids is 1. The Balaban J connectivity index is 2.42. The summed E-state index contributed by atoms with van der Waals surface area (Å²) in [6.45, 7) is 6.66. The minimum absolute atomic E-state index is 0.102. The molecule has 0 aliphatic carbocycles. The molecule has 0 aromatic carbocycles. The van der Waals surface area contributed by atoms with Crippen molar-refractivity contribution in [2.75, 3.05) is 53.6 Å². The number of methoxy groups -OCH3 is 2. The number of ether oxygens (including phenoxy) is 2. The van der Waals surface area contributed by atoms with E-state index in [2.05, 4.69) is 5.32 Å². The van der Waals surface area contributed by atoms with Crippen molar-refractivity contribution in [3.63, 3.8) is 0 Å². The lowest BCUT2D eigenvalue weighted by Gasteiger charge is -2.35. The minimum atomic E-state index is 0.102. The van der Waals surface area contributed by atoms with E-state index >= 15 is 0 Å². The monoisotopic (exact) mass is 258 g/mol. The highest BCUT2D eigenvalue weighted by molar-refractivity contribution is 5.79. The number of hydrogen-bond acceptors (Lipinski definition) is 4. The number of nitrogens with zero attached hydrogens (tertiary/aromatic N) is 1. The summed E-state index contributed by atoms with van der Waals surface area (Å²) < 4.78 is 10.1. The Morgan fingerprint density at radius 2 is 1.94 bits per heavy atom. The van der Waals surface area contributed by atoms with Gasteiger partial charge in [0, 0.05) is 39.8 Å². The molecule has 5 nitrogen and oxygen atoms in total. The first kappa shape index (κ1) is 15.4. The Bertz CT molecular complexity index is 244. The van der Waals surface area contributed by atoms with Crippen molar-refractivity contribution in [2.24, 2.45) is 11.8 Å². The Morgan fingerprint density at radius 3 is 2.44 bits per heavy atom. The van der Waals surface area contributed by atoms with Crippen molar-refractivity contribution >= 4 is 5.91 Å². The fourth-order valence-electron chi connectivity index (χ4n) is 2.09. The third-order valence-electron chi connectivity index (χ3n) is 3.56. The molecule has 1 heterocycles. The molecule has 1 N–H and O–H groups in total. The summed E-state index contributed by atoms with van der Waals surface area (Å²) in [4.78, 5) is 14.3. The van der Waals surface area contributed by atoms with Crippen molar-refractivity contribution in [1.82, 2.24) is 10.2 Å². The van der Waals surface area contributed by atoms with Crippen LogP contribution in [0.15, 0.2) is 0 Å². The predicted molar refractivity (Wildman–Crippen MR) is 70.5 cm³/mol. The summed E-state index contributed by atoms with van der Waals surface area (Å²) >= 11 is 0. The van der Waals surface area contributed by atoms with E-state index in [0.29, 0.717) is 25.7 Å². The van der Waals surface area contributed by atoms with Crippen LogP contribution in [0.5, 0.6) is 0 Å². The second-order valence-corrected chi connectivity index (χ2v) is 4.87. The third kappa shape index (κ3) is 4.55. The molecule has 1 rings (SSSR count). The number of carbonyl (C=O) groups is 1. The minimum Gasteiger partial charge on any atom is -0.385 e. The molecule has 1 atom stereocenters. The van der Waals surface area contributed by atoms with Gasteiger partial charge in [0.1, 0.15) is 0 Å². The van der Waals surface area contributed by atoms with Crippen LogP contribution in [-0.4, -0.2) is 64.4 Å². The molecule has 1 amide bonds. The maximum absolute atomic E-state index is 12.4. The van der Waals surface area contributed by atoms with Gasteiger partial charge >= 0.3 is 0 Å². The van der Waals surface area contributed by atoms with E-state index in [1.54, 1.807) is 14.2 Å². The Labute approximate surface area is 110 Å². The van der Waals surface area contributed by atoms with Crippen LogP contribution in [0.3, 0.4) is 0 Å². The molecule has 0 aromatic heterocycles. The summed E-state index contributed by atoms with van der Waals surface area (Å²) in [7, 11) is 3.35. The van der Waals surface area contributed by atoms with E-state index in [0.717, 1.165) is 26.1 Å². The standard InChI is InChI=1S/C13H26N2O3/c1-11(12-9-14-10-12)13(16)15(6-8-18-3)5-4-7-17-2/h11-12,14H,4-10H2,1-3H3. The van der Waals surface area contributed by atoms with Crippen LogP contribution in [0.2, 0.25) is 0 Å². The Kier molecular flexibility index (Phi) is 7.23. The topological polar surface area (TPSA) is 50.8 Å². The van der Waals surface area contributed by atoms with E-state index in [9.17, 15) is 4.79 Å². The van der Waals surface area contributed by atoms with Crippen LogP contribution in [0.25, 0.3) is 0 Å². The van der Waals surface area contributed by atoms with Gasteiger partial charge in [-0.1, -0.05) is 6.92 Å². The van der Waals surface area contributed by atoms with Crippen LogP contribution < -0.4 is 5.32 Å². The lowest BCUT2D eigenvalue weighted by atomic mass is 9.88. The van der Waals surface area contributed by atoms with Crippen molar-refractivity contribution in [3.8, 4) is 0 Å². The summed E-state index contributed by atoms with van der Waals surface area (Å²) in [6, 6.07) is 0. The molecule has 0 spiro atoms. The van der Waals surface area contributed by atoms with Gasteiger partial charge in [0.2, 0.25) is 5.91 Å². The maximum Gasteiger partial charge on any atom is 0.225 e. The highest BCUT2D eigenvalue weighted by Gasteiger charge is 2.31. The molecule has 1 unspecified atom stereocenters. The molecule has 1 saturated heterocycles. The second-order valence-electron chi connectivity index (χ2n) is 4.87. The molecule has 1 aliphatic rings. The Morgan fingerprint density at radius 1 is 1.28 bits per heavy atom. The fraction of sp³-hybridized carbons (Fsp3) is 0.923. The molecule has 0 radical (unpaired) electrons. The van der Waals surface area contributed by atoms with Gasteiger partial charge in [0.25, 0.3) is 0 Å². The zero-order chi connectivity index (χ0) is 13.4. The Hall–Kier alpha value is -0.650. The van der Waals surface area contributed by atoms with E-state index in [4.69, 9.17) is 9.47 Å². The number of hydrogen-bond donors (Lipinski definition) is 1. The highest BCUT2D eigenvalue weighted by Crippen LogP contribution is 2.18. The van der Waals surface area contributed by atoms with E-state index in [1.165, 1.54) is 0 Å². The summed E-state index contributed by atoms with van der Waals surface area (Å²) in [5.41, 5.74) is 0. The number of nitrogens with one attached hydrogen (secondary N) is 1. The molecule has 1 fully saturated rings. The highest BCUT2D eigenvalue weighted by atomic mass is 16.5. The van der Waals surface area contributed by atoms with Crippen molar-refractivity contribution < 1.29 is 14.3 Å². The average molecular weight is 258 g/mol. The molecule has 18 heavy (non-hydrogen) atoms. The van der Waals surface area contributed by atoms with E-state index in [1.807, 2.05) is 11.8 Å². The second kappa shape index (κ2) is 8.45. The zero-order valence-electron chi connectivity index (χ0n) is 11.8. The van der Waals surface area contributed by atoms with Gasteiger partial charge in [0.15, 0.2) is 0 Å². The van der Waals surface area contributed by atoms with Gasteiger partial charge in [-0.05, 0) is 25.4 Å². The maximum atomic E-state index is 12.4. The van der Waals surface area contributed by atoms with Gasteiger partial charge in [-0.3, -0.25) is 4.79 Å². The number of rotatable bonds is 9. The smallest absolute Gasteiger partial charge is 0.225 e. The van der Waals surface area contributed by atoms with Crippen LogP contribution in [0.4, 0.5) is 0 Å². The molecule has 1 aliphatic heterocycles. The molecule has 0 bridgehead atoms. The largest absolute Gasteiger partial charge is 0.385 e. The number of amides is 1. The summed E-state index contributed by atoms with van der Waals surface area (Å²) in [5, 5.41) is 3.22. The van der Waals surface area contributed by atoms with Gasteiger partial charge < -0.3 is 19.7 Å². The summed E-state index contributed by atoms with van der Waals surface area (Å²) in [5.74, 6) is 0.838. The zero-order valence-corrected chi connectivity index (χ0v) is 11.8. The van der Waals surface area contributed by atoms with Crippen molar-refractivity contribution in [2.45, 2.75) is 13.3 Å². The van der Waals surface area contributed by atoms with Gasteiger partial charge in [0.05, 0.1) is 6.61 Å². The average Bonchev–Trinajstić information content (AvgIpc) is 2.30. The van der Waals surface area contributed by atoms with Crippen LogP contribution >= 0.6 is 0 Å².